The van der Waals surface area contributed by atoms with Crippen molar-refractivity contribution in [1.29, 1.82) is 0 Å². The van der Waals surface area contributed by atoms with Crippen LogP contribution in [0.3, 0.4) is 0 Å². The number of rotatable bonds is 6. The second-order valence-electron chi connectivity index (χ2n) is 9.50. The molecule has 0 spiro atoms. The van der Waals surface area contributed by atoms with Crippen LogP contribution in [0.5, 0.6) is 5.88 Å². The second kappa shape index (κ2) is 9.58. The number of carbonyl (C=O) groups is 2. The SMILES string of the molecule is CC#CC(=O)N(c1ccc2c(n1)c(OC1CCC(C(=O)O)C1)nn2C)c1cc(C)c(Br)cc1C1CC1. The van der Waals surface area contributed by atoms with Gasteiger partial charge in [0, 0.05) is 11.5 Å². The number of halogens is 1. The van der Waals surface area contributed by atoms with Crippen LogP contribution in [-0.2, 0) is 16.6 Å². The number of aryl methyl sites for hydroxylation is 2. The molecule has 2 saturated carbocycles. The molecule has 0 aliphatic heterocycles. The lowest BCUT2D eigenvalue weighted by Gasteiger charge is -2.24. The van der Waals surface area contributed by atoms with Crippen molar-refractivity contribution in [2.45, 2.75) is 58.0 Å². The molecule has 9 heteroatoms. The van der Waals surface area contributed by atoms with E-state index >= 15 is 0 Å². The molecule has 186 valence electrons. The quantitative estimate of drug-likeness (QED) is 0.421. The van der Waals surface area contributed by atoms with Crippen LogP contribution in [0.15, 0.2) is 28.7 Å². The number of hydrogen-bond acceptors (Lipinski definition) is 5. The van der Waals surface area contributed by atoms with Gasteiger partial charge in [0.1, 0.15) is 11.9 Å². The molecule has 2 aliphatic carbocycles. The third-order valence-electron chi connectivity index (χ3n) is 6.89. The molecule has 8 nitrogen and oxygen atoms in total. The normalized spacial score (nSPS) is 19.1. The summed E-state index contributed by atoms with van der Waals surface area (Å²) in [5, 5.41) is 13.8. The van der Waals surface area contributed by atoms with Crippen molar-refractivity contribution in [3.8, 4) is 17.7 Å². The zero-order valence-corrected chi connectivity index (χ0v) is 22.0. The highest BCUT2D eigenvalue weighted by molar-refractivity contribution is 9.10. The molecular formula is C27H27BrN4O4. The first-order valence-electron chi connectivity index (χ1n) is 12.1. The zero-order chi connectivity index (χ0) is 25.6. The maximum absolute atomic E-state index is 13.3. The van der Waals surface area contributed by atoms with Crippen LogP contribution in [0.1, 0.15) is 56.1 Å². The van der Waals surface area contributed by atoms with Gasteiger partial charge in [-0.25, -0.2) is 4.98 Å². The van der Waals surface area contributed by atoms with Crippen molar-refractivity contribution >= 4 is 50.3 Å². The number of hydrogen-bond donors (Lipinski definition) is 1. The Labute approximate surface area is 217 Å². The third kappa shape index (κ3) is 4.58. The lowest BCUT2D eigenvalue weighted by atomic mass is 10.0. The number of carboxylic acid groups (broad SMARTS) is 1. The van der Waals surface area contributed by atoms with E-state index < -0.39 is 11.9 Å². The number of fused-ring (bicyclic) bond motifs is 1. The van der Waals surface area contributed by atoms with Gasteiger partial charge in [-0.15, -0.1) is 5.10 Å². The molecule has 0 bridgehead atoms. The Hall–Kier alpha value is -3.38. The van der Waals surface area contributed by atoms with Gasteiger partial charge in [-0.05, 0) is 93.2 Å². The summed E-state index contributed by atoms with van der Waals surface area (Å²) in [7, 11) is 1.81. The van der Waals surface area contributed by atoms with Crippen LogP contribution in [0, 0.1) is 24.7 Å². The fourth-order valence-corrected chi connectivity index (χ4v) is 5.19. The predicted molar refractivity (Wildman–Crippen MR) is 139 cm³/mol. The summed E-state index contributed by atoms with van der Waals surface area (Å²) in [6.45, 7) is 3.63. The van der Waals surface area contributed by atoms with Crippen molar-refractivity contribution in [3.63, 3.8) is 0 Å². The summed E-state index contributed by atoms with van der Waals surface area (Å²) in [5.74, 6) is 5.02. The number of anilines is 2. The number of benzene rings is 1. The highest BCUT2D eigenvalue weighted by Crippen LogP contribution is 2.47. The molecule has 2 aliphatic rings. The van der Waals surface area contributed by atoms with E-state index in [0.29, 0.717) is 42.4 Å². The van der Waals surface area contributed by atoms with Crippen LogP contribution in [-0.4, -0.2) is 37.9 Å². The minimum Gasteiger partial charge on any atom is -0.481 e. The second-order valence-corrected chi connectivity index (χ2v) is 10.4. The average molecular weight is 551 g/mol. The topological polar surface area (TPSA) is 97.6 Å². The summed E-state index contributed by atoms with van der Waals surface area (Å²) in [6, 6.07) is 7.77. The number of ether oxygens (including phenoxy) is 1. The molecular weight excluding hydrogens is 524 g/mol. The van der Waals surface area contributed by atoms with E-state index in [4.69, 9.17) is 9.72 Å². The van der Waals surface area contributed by atoms with Crippen molar-refractivity contribution in [1.82, 2.24) is 14.8 Å². The van der Waals surface area contributed by atoms with Crippen molar-refractivity contribution < 1.29 is 19.4 Å². The van der Waals surface area contributed by atoms with Gasteiger partial charge >= 0.3 is 11.9 Å². The molecule has 2 aromatic heterocycles. The van der Waals surface area contributed by atoms with Crippen LogP contribution in [0.2, 0.25) is 0 Å². The van der Waals surface area contributed by atoms with Gasteiger partial charge in [-0.1, -0.05) is 21.9 Å². The Kier molecular flexibility index (Phi) is 6.47. The summed E-state index contributed by atoms with van der Waals surface area (Å²) < 4.78 is 8.84. The first kappa shape index (κ1) is 24.3. The highest BCUT2D eigenvalue weighted by Gasteiger charge is 2.33. The molecule has 1 N–H and O–H groups in total. The average Bonchev–Trinajstić information content (AvgIpc) is 3.50. The third-order valence-corrected chi connectivity index (χ3v) is 7.75. The van der Waals surface area contributed by atoms with Gasteiger partial charge in [0.05, 0.1) is 17.1 Å². The Balaban J connectivity index is 1.58. The van der Waals surface area contributed by atoms with Gasteiger partial charge in [-0.2, -0.15) is 0 Å². The molecule has 0 radical (unpaired) electrons. The number of carbonyl (C=O) groups excluding carboxylic acids is 1. The molecule has 0 saturated heterocycles. The Morgan fingerprint density at radius 1 is 1.22 bits per heavy atom. The Bertz CT molecular complexity index is 1430. The fraction of sp³-hybridized carbons (Fsp3) is 0.407. The van der Waals surface area contributed by atoms with E-state index in [1.165, 1.54) is 0 Å². The maximum atomic E-state index is 13.3. The van der Waals surface area contributed by atoms with E-state index in [0.717, 1.165) is 39.6 Å². The largest absolute Gasteiger partial charge is 0.481 e. The molecule has 1 aromatic carbocycles. The summed E-state index contributed by atoms with van der Waals surface area (Å²) in [6.07, 6.45) is 3.58. The number of aromatic nitrogens is 3. The summed E-state index contributed by atoms with van der Waals surface area (Å²) >= 11 is 3.64. The Morgan fingerprint density at radius 3 is 2.67 bits per heavy atom. The van der Waals surface area contributed by atoms with Crippen molar-refractivity contribution in [3.05, 3.63) is 39.9 Å². The van der Waals surface area contributed by atoms with Crippen LogP contribution in [0.4, 0.5) is 11.5 Å². The standard InChI is InChI=1S/C27H27BrN4O4/c1-4-5-24(33)32(22-12-15(2)20(28)14-19(22)16-6-7-16)23-11-10-21-25(29-23)26(30-31(21)3)36-18-9-8-17(13-18)27(34)35/h10-12,14,16-18H,6-9,13H2,1-3H3,(H,34,35). The van der Waals surface area contributed by atoms with Crippen LogP contribution < -0.4 is 9.64 Å². The molecule has 3 aromatic rings. The molecule has 2 atom stereocenters. The first-order chi connectivity index (χ1) is 17.3. The van der Waals surface area contributed by atoms with Gasteiger partial charge in [0.2, 0.25) is 0 Å². The number of aliphatic carboxylic acids is 1. The lowest BCUT2D eigenvalue weighted by Crippen LogP contribution is -2.26. The van der Waals surface area contributed by atoms with Gasteiger partial charge in [0.25, 0.3) is 5.88 Å². The van der Waals surface area contributed by atoms with Crippen molar-refractivity contribution in [2.24, 2.45) is 13.0 Å². The minimum atomic E-state index is -0.796. The molecule has 2 fully saturated rings. The van der Waals surface area contributed by atoms with E-state index in [2.05, 4.69) is 38.9 Å². The number of nitrogens with zero attached hydrogens (tertiary/aromatic N) is 4. The number of carboxylic acids is 1. The van der Waals surface area contributed by atoms with Crippen molar-refractivity contribution in [2.75, 3.05) is 4.90 Å². The van der Waals surface area contributed by atoms with Crippen LogP contribution in [0.25, 0.3) is 11.0 Å². The monoisotopic (exact) mass is 550 g/mol. The Morgan fingerprint density at radius 2 is 2.00 bits per heavy atom. The van der Waals surface area contributed by atoms with Gasteiger partial charge in [0.15, 0.2) is 5.52 Å². The fourth-order valence-electron chi connectivity index (χ4n) is 4.83. The maximum Gasteiger partial charge on any atom is 0.308 e. The summed E-state index contributed by atoms with van der Waals surface area (Å²) in [4.78, 5) is 31.1. The first-order valence-corrected chi connectivity index (χ1v) is 12.9. The molecule has 1 amide bonds. The van der Waals surface area contributed by atoms with E-state index in [1.54, 1.807) is 29.6 Å². The smallest absolute Gasteiger partial charge is 0.308 e. The summed E-state index contributed by atoms with van der Waals surface area (Å²) in [5.41, 5.74) is 4.17. The molecule has 2 heterocycles. The van der Waals surface area contributed by atoms with Crippen LogP contribution >= 0.6 is 15.9 Å². The minimum absolute atomic E-state index is 0.242. The zero-order valence-electron chi connectivity index (χ0n) is 20.4. The molecule has 5 rings (SSSR count). The molecule has 36 heavy (non-hydrogen) atoms. The van der Waals surface area contributed by atoms with E-state index in [-0.39, 0.29) is 12.0 Å². The lowest BCUT2D eigenvalue weighted by molar-refractivity contribution is -0.141. The van der Waals surface area contributed by atoms with Gasteiger partial charge < -0.3 is 9.84 Å². The van der Waals surface area contributed by atoms with E-state index in [1.807, 2.05) is 19.1 Å². The van der Waals surface area contributed by atoms with Gasteiger partial charge in [-0.3, -0.25) is 19.2 Å². The predicted octanol–water partition coefficient (Wildman–Crippen LogP) is 5.24. The molecule has 2 unspecified atom stereocenters. The highest BCUT2D eigenvalue weighted by atomic mass is 79.9. The van der Waals surface area contributed by atoms with E-state index in [9.17, 15) is 14.7 Å². The number of amides is 1. The number of pyridine rings is 1.